The highest BCUT2D eigenvalue weighted by molar-refractivity contribution is 7.18. The minimum atomic E-state index is -0.0693. The van der Waals surface area contributed by atoms with Gasteiger partial charge in [-0.25, -0.2) is 4.98 Å². The maximum Gasteiger partial charge on any atom is 0.242 e. The van der Waals surface area contributed by atoms with E-state index in [9.17, 15) is 9.59 Å². The van der Waals surface area contributed by atoms with E-state index in [0.717, 1.165) is 15.2 Å². The average molecular weight is 275 g/mol. The standard InChI is InChI=1S/C13H13N3O2S/c17-11-5-6-16(13(18)7-14-11)8-12-15-9-3-1-2-4-10(9)19-12/h1-4H,5-8H2,(H,14,17). The third kappa shape index (κ3) is 2.58. The van der Waals surface area contributed by atoms with Gasteiger partial charge in [0, 0.05) is 13.0 Å². The number of fused-ring (bicyclic) bond motifs is 1. The van der Waals surface area contributed by atoms with Crippen molar-refractivity contribution in [3.8, 4) is 0 Å². The molecule has 1 aromatic carbocycles. The minimum Gasteiger partial charge on any atom is -0.347 e. The quantitative estimate of drug-likeness (QED) is 0.894. The Labute approximate surface area is 114 Å². The van der Waals surface area contributed by atoms with Gasteiger partial charge in [-0.3, -0.25) is 9.59 Å². The number of rotatable bonds is 2. The number of para-hydroxylation sites is 1. The molecule has 1 aliphatic rings. The molecule has 19 heavy (non-hydrogen) atoms. The maximum absolute atomic E-state index is 11.9. The summed E-state index contributed by atoms with van der Waals surface area (Å²) in [7, 11) is 0. The lowest BCUT2D eigenvalue weighted by Crippen LogP contribution is -2.34. The van der Waals surface area contributed by atoms with Crippen molar-refractivity contribution in [2.75, 3.05) is 13.1 Å². The average Bonchev–Trinajstić information content (AvgIpc) is 2.75. The summed E-state index contributed by atoms with van der Waals surface area (Å²) in [6.07, 6.45) is 0.358. The molecule has 98 valence electrons. The van der Waals surface area contributed by atoms with Crippen LogP contribution in [0.1, 0.15) is 11.4 Å². The summed E-state index contributed by atoms with van der Waals surface area (Å²) in [4.78, 5) is 29.3. The summed E-state index contributed by atoms with van der Waals surface area (Å²) < 4.78 is 1.12. The number of hydrogen-bond acceptors (Lipinski definition) is 4. The first kappa shape index (κ1) is 12.1. The Morgan fingerprint density at radius 2 is 2.16 bits per heavy atom. The Kier molecular flexibility index (Phi) is 3.16. The van der Waals surface area contributed by atoms with Gasteiger partial charge in [-0.15, -0.1) is 11.3 Å². The first-order valence-electron chi connectivity index (χ1n) is 6.11. The number of carbonyl (C=O) groups excluding carboxylic acids is 2. The molecule has 1 aromatic heterocycles. The van der Waals surface area contributed by atoms with Gasteiger partial charge < -0.3 is 10.2 Å². The number of nitrogens with one attached hydrogen (secondary N) is 1. The number of hydrogen-bond donors (Lipinski definition) is 1. The van der Waals surface area contributed by atoms with Gasteiger partial charge in [0.25, 0.3) is 0 Å². The minimum absolute atomic E-state index is 0.0508. The van der Waals surface area contributed by atoms with E-state index >= 15 is 0 Å². The van der Waals surface area contributed by atoms with Crippen molar-refractivity contribution in [1.29, 1.82) is 0 Å². The molecule has 2 heterocycles. The first-order valence-corrected chi connectivity index (χ1v) is 6.93. The zero-order valence-corrected chi connectivity index (χ0v) is 11.1. The predicted molar refractivity (Wildman–Crippen MR) is 72.7 cm³/mol. The monoisotopic (exact) mass is 275 g/mol. The Morgan fingerprint density at radius 1 is 1.32 bits per heavy atom. The van der Waals surface area contributed by atoms with Crippen molar-refractivity contribution >= 4 is 33.4 Å². The van der Waals surface area contributed by atoms with Crippen molar-refractivity contribution in [3.63, 3.8) is 0 Å². The van der Waals surface area contributed by atoms with Gasteiger partial charge in [-0.1, -0.05) is 12.1 Å². The molecule has 5 nitrogen and oxygen atoms in total. The van der Waals surface area contributed by atoms with E-state index in [-0.39, 0.29) is 18.4 Å². The predicted octanol–water partition coefficient (Wildman–Crippen LogP) is 1.14. The molecule has 0 bridgehead atoms. The molecule has 0 atom stereocenters. The molecular weight excluding hydrogens is 262 g/mol. The molecule has 1 fully saturated rings. The Hall–Kier alpha value is -1.95. The van der Waals surface area contributed by atoms with E-state index in [1.165, 1.54) is 0 Å². The number of amides is 2. The number of nitrogens with zero attached hydrogens (tertiary/aromatic N) is 2. The molecule has 0 aliphatic carbocycles. The molecule has 1 N–H and O–H groups in total. The van der Waals surface area contributed by atoms with E-state index in [0.29, 0.717) is 19.5 Å². The zero-order valence-electron chi connectivity index (χ0n) is 10.3. The van der Waals surface area contributed by atoms with Crippen LogP contribution in [0.25, 0.3) is 10.2 Å². The van der Waals surface area contributed by atoms with Crippen LogP contribution in [0, 0.1) is 0 Å². The van der Waals surface area contributed by atoms with Gasteiger partial charge in [-0.2, -0.15) is 0 Å². The van der Waals surface area contributed by atoms with Gasteiger partial charge in [-0.05, 0) is 12.1 Å². The SMILES string of the molecule is O=C1CCN(Cc2nc3ccccc3s2)C(=O)CN1. The number of carbonyl (C=O) groups is 2. The lowest BCUT2D eigenvalue weighted by Gasteiger charge is -2.17. The lowest BCUT2D eigenvalue weighted by molar-refractivity contribution is -0.130. The van der Waals surface area contributed by atoms with Crippen LogP contribution in [-0.4, -0.2) is 34.8 Å². The van der Waals surface area contributed by atoms with Crippen LogP contribution in [0.2, 0.25) is 0 Å². The molecule has 2 amide bonds. The summed E-state index contributed by atoms with van der Waals surface area (Å²) in [5, 5.41) is 3.50. The first-order chi connectivity index (χ1) is 9.22. The molecule has 0 radical (unpaired) electrons. The van der Waals surface area contributed by atoms with Gasteiger partial charge in [0.2, 0.25) is 11.8 Å². The number of benzene rings is 1. The van der Waals surface area contributed by atoms with E-state index in [4.69, 9.17) is 0 Å². The van der Waals surface area contributed by atoms with Gasteiger partial charge in [0.05, 0.1) is 23.3 Å². The van der Waals surface area contributed by atoms with Gasteiger partial charge >= 0.3 is 0 Å². The van der Waals surface area contributed by atoms with Crippen LogP contribution in [0.5, 0.6) is 0 Å². The Morgan fingerprint density at radius 3 is 3.00 bits per heavy atom. The smallest absolute Gasteiger partial charge is 0.242 e. The summed E-state index contributed by atoms with van der Waals surface area (Å²) in [6, 6.07) is 7.91. The van der Waals surface area contributed by atoms with Crippen molar-refractivity contribution in [2.24, 2.45) is 0 Å². The van der Waals surface area contributed by atoms with Crippen molar-refractivity contribution in [3.05, 3.63) is 29.3 Å². The van der Waals surface area contributed by atoms with Crippen molar-refractivity contribution in [1.82, 2.24) is 15.2 Å². The van der Waals surface area contributed by atoms with E-state index in [1.54, 1.807) is 16.2 Å². The second kappa shape index (κ2) is 4.97. The molecule has 6 heteroatoms. The van der Waals surface area contributed by atoms with Crippen LogP contribution >= 0.6 is 11.3 Å². The molecule has 0 spiro atoms. The van der Waals surface area contributed by atoms with E-state index in [1.807, 2.05) is 24.3 Å². The normalized spacial score (nSPS) is 16.5. The largest absolute Gasteiger partial charge is 0.347 e. The summed E-state index contributed by atoms with van der Waals surface area (Å²) in [6.45, 7) is 1.03. The van der Waals surface area contributed by atoms with E-state index in [2.05, 4.69) is 10.3 Å². The third-order valence-electron chi connectivity index (χ3n) is 3.06. The highest BCUT2D eigenvalue weighted by atomic mass is 32.1. The molecule has 2 aromatic rings. The highest BCUT2D eigenvalue weighted by Crippen LogP contribution is 2.22. The fourth-order valence-corrected chi connectivity index (χ4v) is 3.04. The number of thiazole rings is 1. The highest BCUT2D eigenvalue weighted by Gasteiger charge is 2.21. The van der Waals surface area contributed by atoms with Crippen LogP contribution < -0.4 is 5.32 Å². The third-order valence-corrected chi connectivity index (χ3v) is 4.08. The fraction of sp³-hybridized carbons (Fsp3) is 0.308. The fourth-order valence-electron chi connectivity index (χ4n) is 2.05. The van der Waals surface area contributed by atoms with Crippen LogP contribution in [0.15, 0.2) is 24.3 Å². The van der Waals surface area contributed by atoms with Crippen molar-refractivity contribution in [2.45, 2.75) is 13.0 Å². The van der Waals surface area contributed by atoms with Gasteiger partial charge in [0.15, 0.2) is 0 Å². The Bertz CT molecular complexity index is 605. The topological polar surface area (TPSA) is 62.3 Å². The van der Waals surface area contributed by atoms with E-state index < -0.39 is 0 Å². The van der Waals surface area contributed by atoms with Gasteiger partial charge in [0.1, 0.15) is 5.01 Å². The maximum atomic E-state index is 11.9. The van der Waals surface area contributed by atoms with Crippen molar-refractivity contribution < 1.29 is 9.59 Å². The Balaban J connectivity index is 1.79. The molecule has 3 rings (SSSR count). The second-order valence-corrected chi connectivity index (χ2v) is 5.53. The molecule has 0 saturated carbocycles. The lowest BCUT2D eigenvalue weighted by atomic mass is 10.3. The van der Waals surface area contributed by atoms with Crippen LogP contribution in [0.4, 0.5) is 0 Å². The summed E-state index contributed by atoms with van der Waals surface area (Å²) in [5.41, 5.74) is 0.957. The number of aromatic nitrogens is 1. The summed E-state index contributed by atoms with van der Waals surface area (Å²) >= 11 is 1.59. The molecular formula is C13H13N3O2S. The summed E-state index contributed by atoms with van der Waals surface area (Å²) in [5.74, 6) is -0.120. The molecule has 1 saturated heterocycles. The zero-order chi connectivity index (χ0) is 13.2. The molecule has 1 aliphatic heterocycles. The van der Waals surface area contributed by atoms with Crippen LogP contribution in [0.3, 0.4) is 0 Å². The molecule has 0 unspecified atom stereocenters. The second-order valence-electron chi connectivity index (χ2n) is 4.42. The van der Waals surface area contributed by atoms with Crippen LogP contribution in [-0.2, 0) is 16.1 Å².